The predicted octanol–water partition coefficient (Wildman–Crippen LogP) is 1.47. The fraction of sp³-hybridized carbons (Fsp3) is 0.462. The van der Waals surface area contributed by atoms with E-state index in [-0.39, 0.29) is 24.4 Å². The van der Waals surface area contributed by atoms with Crippen molar-refractivity contribution >= 4 is 27.7 Å². The van der Waals surface area contributed by atoms with Gasteiger partial charge in [-0.1, -0.05) is 13.3 Å². The SMILES string of the molecule is CCCC1C(=O)NCC(=O)N1Cc1cncc(Br)c1. The highest BCUT2D eigenvalue weighted by Gasteiger charge is 2.33. The van der Waals surface area contributed by atoms with Crippen LogP contribution in [0.5, 0.6) is 0 Å². The zero-order chi connectivity index (χ0) is 13.8. The molecule has 1 aromatic rings. The maximum absolute atomic E-state index is 12.0. The van der Waals surface area contributed by atoms with Crippen molar-refractivity contribution in [3.05, 3.63) is 28.5 Å². The molecule has 1 atom stereocenters. The number of nitrogens with zero attached hydrogens (tertiary/aromatic N) is 2. The lowest BCUT2D eigenvalue weighted by molar-refractivity contribution is -0.146. The molecule has 0 bridgehead atoms. The lowest BCUT2D eigenvalue weighted by atomic mass is 10.1. The van der Waals surface area contributed by atoms with E-state index in [9.17, 15) is 9.59 Å². The van der Waals surface area contributed by atoms with Gasteiger partial charge in [-0.2, -0.15) is 0 Å². The van der Waals surface area contributed by atoms with Gasteiger partial charge < -0.3 is 10.2 Å². The maximum atomic E-state index is 12.0. The number of halogens is 1. The van der Waals surface area contributed by atoms with Gasteiger partial charge in [-0.05, 0) is 34.0 Å². The molecule has 1 aliphatic rings. The highest BCUT2D eigenvalue weighted by Crippen LogP contribution is 2.17. The lowest BCUT2D eigenvalue weighted by Crippen LogP contribution is -2.57. The molecule has 5 nitrogen and oxygen atoms in total. The standard InChI is InChI=1S/C13H16BrN3O2/c1-2-3-11-13(19)16-7-12(18)17(11)8-9-4-10(14)6-15-5-9/h4-6,11H,2-3,7-8H2,1H3,(H,16,19). The van der Waals surface area contributed by atoms with E-state index < -0.39 is 0 Å². The first-order chi connectivity index (χ1) is 9.11. The van der Waals surface area contributed by atoms with Gasteiger partial charge in [0.1, 0.15) is 6.04 Å². The molecule has 1 fully saturated rings. The van der Waals surface area contributed by atoms with Gasteiger partial charge in [0.05, 0.1) is 6.54 Å². The van der Waals surface area contributed by atoms with Crippen molar-refractivity contribution in [1.29, 1.82) is 0 Å². The fourth-order valence-electron chi connectivity index (χ4n) is 2.20. The Balaban J connectivity index is 2.18. The van der Waals surface area contributed by atoms with E-state index >= 15 is 0 Å². The molecule has 0 saturated carbocycles. The van der Waals surface area contributed by atoms with Crippen molar-refractivity contribution in [2.75, 3.05) is 6.54 Å². The minimum absolute atomic E-state index is 0.0435. The summed E-state index contributed by atoms with van der Waals surface area (Å²) in [7, 11) is 0. The summed E-state index contributed by atoms with van der Waals surface area (Å²) in [5.74, 6) is -0.109. The Bertz CT molecular complexity index is 493. The number of rotatable bonds is 4. The van der Waals surface area contributed by atoms with E-state index in [1.54, 1.807) is 17.3 Å². The summed E-state index contributed by atoms with van der Waals surface area (Å²) in [6.07, 6.45) is 4.95. The second-order valence-corrected chi connectivity index (χ2v) is 5.47. The van der Waals surface area contributed by atoms with Gasteiger partial charge in [-0.25, -0.2) is 0 Å². The van der Waals surface area contributed by atoms with Crippen LogP contribution in [0.1, 0.15) is 25.3 Å². The van der Waals surface area contributed by atoms with Gasteiger partial charge in [0.15, 0.2) is 0 Å². The third-order valence-electron chi connectivity index (χ3n) is 3.09. The summed E-state index contributed by atoms with van der Waals surface area (Å²) >= 11 is 3.35. The fourth-order valence-corrected chi connectivity index (χ4v) is 2.61. The molecular formula is C13H16BrN3O2. The number of piperazine rings is 1. The van der Waals surface area contributed by atoms with Crippen LogP contribution in [0.3, 0.4) is 0 Å². The summed E-state index contributed by atoms with van der Waals surface area (Å²) in [5, 5.41) is 2.64. The Labute approximate surface area is 120 Å². The maximum Gasteiger partial charge on any atom is 0.243 e. The Morgan fingerprint density at radius 1 is 1.47 bits per heavy atom. The Morgan fingerprint density at radius 2 is 2.26 bits per heavy atom. The van der Waals surface area contributed by atoms with E-state index in [1.807, 2.05) is 13.0 Å². The van der Waals surface area contributed by atoms with E-state index in [0.717, 1.165) is 16.5 Å². The quantitative estimate of drug-likeness (QED) is 0.911. The molecule has 102 valence electrons. The Kier molecular flexibility index (Phi) is 4.52. The normalized spacial score (nSPS) is 19.5. The van der Waals surface area contributed by atoms with Gasteiger partial charge in [-0.15, -0.1) is 0 Å². The molecule has 0 spiro atoms. The molecule has 1 N–H and O–H groups in total. The van der Waals surface area contributed by atoms with Gasteiger partial charge >= 0.3 is 0 Å². The third kappa shape index (κ3) is 3.32. The first kappa shape index (κ1) is 14.0. The average Bonchev–Trinajstić information content (AvgIpc) is 2.38. The highest BCUT2D eigenvalue weighted by atomic mass is 79.9. The number of pyridine rings is 1. The molecule has 2 amide bonds. The van der Waals surface area contributed by atoms with Crippen molar-refractivity contribution in [3.63, 3.8) is 0 Å². The number of carbonyl (C=O) groups is 2. The molecule has 19 heavy (non-hydrogen) atoms. The molecular weight excluding hydrogens is 310 g/mol. The molecule has 1 saturated heterocycles. The Hall–Kier alpha value is -1.43. The Morgan fingerprint density at radius 3 is 2.95 bits per heavy atom. The minimum Gasteiger partial charge on any atom is -0.345 e. The summed E-state index contributed by atoms with van der Waals surface area (Å²) in [5.41, 5.74) is 0.915. The van der Waals surface area contributed by atoms with Crippen LogP contribution >= 0.6 is 15.9 Å². The van der Waals surface area contributed by atoms with Crippen LogP contribution < -0.4 is 5.32 Å². The molecule has 1 aromatic heterocycles. The van der Waals surface area contributed by atoms with Crippen molar-refractivity contribution < 1.29 is 9.59 Å². The molecule has 1 aliphatic heterocycles. The monoisotopic (exact) mass is 325 g/mol. The minimum atomic E-state index is -0.370. The first-order valence-electron chi connectivity index (χ1n) is 6.28. The number of hydrogen-bond donors (Lipinski definition) is 1. The van der Waals surface area contributed by atoms with E-state index in [4.69, 9.17) is 0 Å². The third-order valence-corrected chi connectivity index (χ3v) is 3.52. The molecule has 0 aromatic carbocycles. The average molecular weight is 326 g/mol. The predicted molar refractivity (Wildman–Crippen MR) is 74.2 cm³/mol. The van der Waals surface area contributed by atoms with Crippen LogP contribution in [-0.2, 0) is 16.1 Å². The second-order valence-electron chi connectivity index (χ2n) is 4.56. The van der Waals surface area contributed by atoms with E-state index in [1.165, 1.54) is 0 Å². The van der Waals surface area contributed by atoms with Crippen LogP contribution in [0.25, 0.3) is 0 Å². The summed E-state index contributed by atoms with van der Waals surface area (Å²) in [6, 6.07) is 1.54. The number of nitrogens with one attached hydrogen (secondary N) is 1. The topological polar surface area (TPSA) is 62.3 Å². The van der Waals surface area contributed by atoms with Gasteiger partial charge in [0.25, 0.3) is 0 Å². The van der Waals surface area contributed by atoms with Gasteiger partial charge in [-0.3, -0.25) is 14.6 Å². The van der Waals surface area contributed by atoms with Crippen molar-refractivity contribution in [2.24, 2.45) is 0 Å². The van der Waals surface area contributed by atoms with Gasteiger partial charge in [0, 0.05) is 23.4 Å². The summed E-state index contributed by atoms with van der Waals surface area (Å²) in [4.78, 5) is 29.6. The number of amides is 2. The van der Waals surface area contributed by atoms with Crippen LogP contribution in [0.15, 0.2) is 22.9 Å². The zero-order valence-corrected chi connectivity index (χ0v) is 12.3. The number of hydrogen-bond acceptors (Lipinski definition) is 3. The zero-order valence-electron chi connectivity index (χ0n) is 10.7. The van der Waals surface area contributed by atoms with E-state index in [0.29, 0.717) is 13.0 Å². The molecule has 2 heterocycles. The second kappa shape index (κ2) is 6.14. The smallest absolute Gasteiger partial charge is 0.243 e. The van der Waals surface area contributed by atoms with Crippen LogP contribution in [0.2, 0.25) is 0 Å². The van der Waals surface area contributed by atoms with Gasteiger partial charge in [0.2, 0.25) is 11.8 Å². The van der Waals surface area contributed by atoms with Crippen molar-refractivity contribution in [3.8, 4) is 0 Å². The molecule has 0 aliphatic carbocycles. The first-order valence-corrected chi connectivity index (χ1v) is 7.07. The van der Waals surface area contributed by atoms with Crippen LogP contribution in [-0.4, -0.2) is 34.3 Å². The number of carbonyl (C=O) groups excluding carboxylic acids is 2. The van der Waals surface area contributed by atoms with Crippen molar-refractivity contribution in [2.45, 2.75) is 32.4 Å². The highest BCUT2D eigenvalue weighted by molar-refractivity contribution is 9.10. The largest absolute Gasteiger partial charge is 0.345 e. The molecule has 1 unspecified atom stereocenters. The van der Waals surface area contributed by atoms with Crippen molar-refractivity contribution in [1.82, 2.24) is 15.2 Å². The van der Waals surface area contributed by atoms with E-state index in [2.05, 4.69) is 26.2 Å². The summed E-state index contributed by atoms with van der Waals surface area (Å²) in [6.45, 7) is 2.51. The molecule has 0 radical (unpaired) electrons. The molecule has 6 heteroatoms. The lowest BCUT2D eigenvalue weighted by Gasteiger charge is -2.34. The summed E-state index contributed by atoms with van der Waals surface area (Å²) < 4.78 is 0.867. The van der Waals surface area contributed by atoms with Crippen LogP contribution in [0.4, 0.5) is 0 Å². The van der Waals surface area contributed by atoms with Crippen LogP contribution in [0, 0.1) is 0 Å². The number of aromatic nitrogens is 1. The molecule has 2 rings (SSSR count).